The second-order valence-corrected chi connectivity index (χ2v) is 5.40. The van der Waals surface area contributed by atoms with Crippen molar-refractivity contribution < 1.29 is 9.90 Å². The summed E-state index contributed by atoms with van der Waals surface area (Å²) in [5, 5.41) is 8.91. The maximum absolute atomic E-state index is 11.8. The standard InChI is InChI=1S/C12H12N2O4S/c1-7-8(5-9(19-7)12(17)18)6-14-4-3-13(2)10(15)11(14)16/h3-5H,6H2,1-2H3,(H,17,18). The second kappa shape index (κ2) is 4.85. The van der Waals surface area contributed by atoms with Crippen LogP contribution in [0, 0.1) is 6.92 Å². The Morgan fingerprint density at radius 2 is 2.00 bits per heavy atom. The lowest BCUT2D eigenvalue weighted by Gasteiger charge is -2.05. The van der Waals surface area contributed by atoms with Crippen LogP contribution in [0.4, 0.5) is 0 Å². The van der Waals surface area contributed by atoms with Gasteiger partial charge in [-0.2, -0.15) is 0 Å². The van der Waals surface area contributed by atoms with Crippen molar-refractivity contribution in [2.24, 2.45) is 7.05 Å². The first-order valence-corrected chi connectivity index (χ1v) is 6.30. The Morgan fingerprint density at radius 3 is 2.58 bits per heavy atom. The van der Waals surface area contributed by atoms with Crippen LogP contribution in [0.25, 0.3) is 0 Å². The van der Waals surface area contributed by atoms with Crippen molar-refractivity contribution in [1.82, 2.24) is 9.13 Å². The highest BCUT2D eigenvalue weighted by Gasteiger charge is 2.12. The molecule has 0 spiro atoms. The molecule has 0 aliphatic carbocycles. The van der Waals surface area contributed by atoms with Crippen molar-refractivity contribution in [1.29, 1.82) is 0 Å². The highest BCUT2D eigenvalue weighted by molar-refractivity contribution is 7.14. The number of rotatable bonds is 3. The summed E-state index contributed by atoms with van der Waals surface area (Å²) in [5.74, 6) is -0.990. The molecule has 0 unspecified atom stereocenters. The summed E-state index contributed by atoms with van der Waals surface area (Å²) in [4.78, 5) is 35.2. The zero-order chi connectivity index (χ0) is 14.2. The number of carbonyl (C=O) groups is 1. The maximum atomic E-state index is 11.8. The van der Waals surface area contributed by atoms with Gasteiger partial charge in [0.1, 0.15) is 4.88 Å². The Balaban J connectivity index is 2.42. The number of aromatic nitrogens is 2. The van der Waals surface area contributed by atoms with Crippen molar-refractivity contribution >= 4 is 17.3 Å². The summed E-state index contributed by atoms with van der Waals surface area (Å²) >= 11 is 1.16. The molecule has 0 saturated heterocycles. The van der Waals surface area contributed by atoms with E-state index in [2.05, 4.69) is 0 Å². The highest BCUT2D eigenvalue weighted by atomic mass is 32.1. The molecule has 0 radical (unpaired) electrons. The van der Waals surface area contributed by atoms with E-state index in [0.717, 1.165) is 21.8 Å². The Kier molecular flexibility index (Phi) is 3.39. The van der Waals surface area contributed by atoms with Crippen molar-refractivity contribution in [3.05, 3.63) is 54.5 Å². The number of hydrogen-bond donors (Lipinski definition) is 1. The first-order chi connectivity index (χ1) is 8.90. The quantitative estimate of drug-likeness (QED) is 0.838. The van der Waals surface area contributed by atoms with Gasteiger partial charge in [-0.1, -0.05) is 0 Å². The summed E-state index contributed by atoms with van der Waals surface area (Å²) < 4.78 is 2.49. The number of hydrogen-bond acceptors (Lipinski definition) is 4. The number of nitrogens with zero attached hydrogens (tertiary/aromatic N) is 2. The average molecular weight is 280 g/mol. The van der Waals surface area contributed by atoms with Gasteiger partial charge in [0.15, 0.2) is 0 Å². The molecule has 0 aliphatic rings. The normalized spacial score (nSPS) is 10.6. The van der Waals surface area contributed by atoms with Crippen molar-refractivity contribution in [3.63, 3.8) is 0 Å². The molecule has 100 valence electrons. The number of thiophene rings is 1. The number of aryl methyl sites for hydroxylation is 2. The number of carboxylic acids is 1. The molecule has 2 heterocycles. The lowest BCUT2D eigenvalue weighted by Crippen LogP contribution is -2.39. The van der Waals surface area contributed by atoms with Gasteiger partial charge in [0.05, 0.1) is 6.54 Å². The third-order valence-electron chi connectivity index (χ3n) is 2.81. The fraction of sp³-hybridized carbons (Fsp3) is 0.250. The van der Waals surface area contributed by atoms with Gasteiger partial charge in [-0.05, 0) is 18.6 Å². The summed E-state index contributed by atoms with van der Waals surface area (Å²) in [6.07, 6.45) is 3.02. The van der Waals surface area contributed by atoms with Crippen LogP contribution in [0.1, 0.15) is 20.1 Å². The summed E-state index contributed by atoms with van der Waals surface area (Å²) in [5.41, 5.74) is -0.487. The van der Waals surface area contributed by atoms with E-state index in [9.17, 15) is 14.4 Å². The van der Waals surface area contributed by atoms with Crippen LogP contribution in [0.2, 0.25) is 0 Å². The molecular formula is C12H12N2O4S. The van der Waals surface area contributed by atoms with Crippen LogP contribution in [0.5, 0.6) is 0 Å². The van der Waals surface area contributed by atoms with E-state index < -0.39 is 17.1 Å². The molecule has 0 fully saturated rings. The van der Waals surface area contributed by atoms with Gasteiger partial charge in [-0.3, -0.25) is 9.59 Å². The molecule has 0 bridgehead atoms. The summed E-state index contributed by atoms with van der Waals surface area (Å²) in [7, 11) is 1.51. The van der Waals surface area contributed by atoms with Crippen LogP contribution < -0.4 is 11.1 Å². The second-order valence-electron chi connectivity index (χ2n) is 4.14. The third kappa shape index (κ3) is 2.50. The predicted molar refractivity (Wildman–Crippen MR) is 71.1 cm³/mol. The topological polar surface area (TPSA) is 81.3 Å². The predicted octanol–water partition coefficient (Wildman–Crippen LogP) is 0.663. The fourth-order valence-corrected chi connectivity index (χ4v) is 2.55. The van der Waals surface area contributed by atoms with Gasteiger partial charge in [-0.15, -0.1) is 11.3 Å². The van der Waals surface area contributed by atoms with Gasteiger partial charge in [0.2, 0.25) is 0 Å². The fourth-order valence-electron chi connectivity index (χ4n) is 1.68. The lowest BCUT2D eigenvalue weighted by atomic mass is 10.2. The minimum absolute atomic E-state index is 0.199. The summed E-state index contributed by atoms with van der Waals surface area (Å²) in [6, 6.07) is 1.53. The molecule has 19 heavy (non-hydrogen) atoms. The Hall–Kier alpha value is -2.15. The zero-order valence-electron chi connectivity index (χ0n) is 10.4. The minimum Gasteiger partial charge on any atom is -0.477 e. The monoisotopic (exact) mass is 280 g/mol. The van der Waals surface area contributed by atoms with Gasteiger partial charge in [-0.25, -0.2) is 4.79 Å². The van der Waals surface area contributed by atoms with Crippen molar-refractivity contribution in [3.8, 4) is 0 Å². The molecular weight excluding hydrogens is 268 g/mol. The molecule has 0 aliphatic heterocycles. The Morgan fingerprint density at radius 1 is 1.32 bits per heavy atom. The van der Waals surface area contributed by atoms with Crippen LogP contribution >= 0.6 is 11.3 Å². The first-order valence-electron chi connectivity index (χ1n) is 5.49. The van der Waals surface area contributed by atoms with E-state index in [1.54, 1.807) is 6.92 Å². The SMILES string of the molecule is Cc1sc(C(=O)O)cc1Cn1ccn(C)c(=O)c1=O. The largest absolute Gasteiger partial charge is 0.477 e. The molecule has 2 rings (SSSR count). The van der Waals surface area contributed by atoms with Crippen LogP contribution in [-0.2, 0) is 13.6 Å². The lowest BCUT2D eigenvalue weighted by molar-refractivity contribution is 0.0702. The number of aromatic carboxylic acids is 1. The van der Waals surface area contributed by atoms with E-state index in [1.807, 2.05) is 0 Å². The molecule has 0 atom stereocenters. The molecule has 7 heteroatoms. The Bertz CT molecular complexity index is 754. The minimum atomic E-state index is -0.990. The molecule has 1 N–H and O–H groups in total. The smallest absolute Gasteiger partial charge is 0.345 e. The van der Waals surface area contributed by atoms with Gasteiger partial charge < -0.3 is 14.2 Å². The zero-order valence-corrected chi connectivity index (χ0v) is 11.2. The molecule has 0 aromatic carbocycles. The van der Waals surface area contributed by atoms with E-state index in [4.69, 9.17) is 5.11 Å². The molecule has 2 aromatic heterocycles. The van der Waals surface area contributed by atoms with Gasteiger partial charge >= 0.3 is 17.1 Å². The molecule has 6 nitrogen and oxygen atoms in total. The van der Waals surface area contributed by atoms with E-state index in [0.29, 0.717) is 0 Å². The number of carboxylic acid groups (broad SMARTS) is 1. The van der Waals surface area contributed by atoms with Crippen LogP contribution in [-0.4, -0.2) is 20.2 Å². The van der Waals surface area contributed by atoms with Crippen LogP contribution in [0.15, 0.2) is 28.0 Å². The van der Waals surface area contributed by atoms with Gasteiger partial charge in [0.25, 0.3) is 0 Å². The summed E-state index contributed by atoms with van der Waals surface area (Å²) in [6.45, 7) is 1.99. The highest BCUT2D eigenvalue weighted by Crippen LogP contribution is 2.21. The Labute approximate surface area is 112 Å². The van der Waals surface area contributed by atoms with Crippen molar-refractivity contribution in [2.75, 3.05) is 0 Å². The molecule has 0 saturated carbocycles. The average Bonchev–Trinajstić information content (AvgIpc) is 2.72. The van der Waals surface area contributed by atoms with E-state index in [1.165, 1.54) is 34.6 Å². The maximum Gasteiger partial charge on any atom is 0.345 e. The third-order valence-corrected chi connectivity index (χ3v) is 3.89. The van der Waals surface area contributed by atoms with Crippen LogP contribution in [0.3, 0.4) is 0 Å². The van der Waals surface area contributed by atoms with E-state index >= 15 is 0 Å². The molecule has 2 aromatic rings. The van der Waals surface area contributed by atoms with Crippen molar-refractivity contribution in [2.45, 2.75) is 13.5 Å². The van der Waals surface area contributed by atoms with E-state index in [-0.39, 0.29) is 11.4 Å². The molecule has 0 amide bonds. The van der Waals surface area contributed by atoms with Gasteiger partial charge in [0, 0.05) is 24.3 Å². The first kappa shape index (κ1) is 13.3.